The van der Waals surface area contributed by atoms with Crippen molar-refractivity contribution < 1.29 is 24.5 Å². The fraction of sp³-hybridized carbons (Fsp3) is 0.171. The molecule has 5 nitrogen and oxygen atoms in total. The average Bonchev–Trinajstić information content (AvgIpc) is 3.00. The highest BCUT2D eigenvalue weighted by atomic mass is 16.5. The van der Waals surface area contributed by atoms with E-state index in [0.29, 0.717) is 46.6 Å². The molecular formula is C35H30O5. The van der Waals surface area contributed by atoms with E-state index >= 15 is 0 Å². The van der Waals surface area contributed by atoms with E-state index in [0.717, 1.165) is 22.3 Å². The van der Waals surface area contributed by atoms with E-state index in [-0.39, 0.29) is 5.78 Å². The zero-order chi connectivity index (χ0) is 27.9. The van der Waals surface area contributed by atoms with Crippen molar-refractivity contribution in [3.8, 4) is 11.5 Å². The lowest BCUT2D eigenvalue weighted by Gasteiger charge is -2.35. The van der Waals surface area contributed by atoms with E-state index in [4.69, 9.17) is 9.47 Å². The summed E-state index contributed by atoms with van der Waals surface area (Å²) in [5.41, 5.74) is 1.90. The van der Waals surface area contributed by atoms with Gasteiger partial charge < -0.3 is 19.7 Å². The van der Waals surface area contributed by atoms with Gasteiger partial charge in [-0.15, -0.1) is 0 Å². The maximum absolute atomic E-state index is 14.5. The molecule has 0 fully saturated rings. The fourth-order valence-electron chi connectivity index (χ4n) is 6.01. The van der Waals surface area contributed by atoms with Crippen LogP contribution in [0.15, 0.2) is 97.1 Å². The van der Waals surface area contributed by atoms with Crippen molar-refractivity contribution in [2.24, 2.45) is 0 Å². The summed E-state index contributed by atoms with van der Waals surface area (Å²) in [5.74, 6) is 0.759. The standard InChI is InChI=1S/C35H30O5/c1-39-25-15-17-27(31(21-25)34(37)19-7-11-23-9-3-5-13-29(23)34)33(36)28-18-16-26(40-2)22-32(28)35(38)20-8-12-24-10-4-6-14-30(24)35/h3-18,21-22,37-38H,19-20H2,1-2H3. The van der Waals surface area contributed by atoms with Crippen molar-refractivity contribution in [1.82, 2.24) is 0 Å². The lowest BCUT2D eigenvalue weighted by Crippen LogP contribution is -2.33. The highest BCUT2D eigenvalue weighted by molar-refractivity contribution is 6.11. The summed E-state index contributed by atoms with van der Waals surface area (Å²) in [5, 5.41) is 24.5. The van der Waals surface area contributed by atoms with Gasteiger partial charge in [-0.2, -0.15) is 0 Å². The van der Waals surface area contributed by atoms with Gasteiger partial charge in [-0.1, -0.05) is 72.8 Å². The van der Waals surface area contributed by atoms with Crippen LogP contribution >= 0.6 is 0 Å². The van der Waals surface area contributed by atoms with Gasteiger partial charge >= 0.3 is 0 Å². The molecule has 5 heteroatoms. The van der Waals surface area contributed by atoms with E-state index in [1.165, 1.54) is 0 Å². The molecule has 40 heavy (non-hydrogen) atoms. The molecule has 2 N–H and O–H groups in total. The molecule has 0 spiro atoms. The number of fused-ring (bicyclic) bond motifs is 2. The van der Waals surface area contributed by atoms with Gasteiger partial charge in [0.15, 0.2) is 5.78 Å². The molecule has 0 radical (unpaired) electrons. The van der Waals surface area contributed by atoms with Crippen molar-refractivity contribution in [3.05, 3.63) is 142 Å². The topological polar surface area (TPSA) is 76.0 Å². The SMILES string of the molecule is COc1ccc(C(=O)c2ccc(OC)cc2C2(O)CC=Cc3ccccc32)c(C2(O)CC=Cc3ccccc32)c1. The maximum Gasteiger partial charge on any atom is 0.193 e. The van der Waals surface area contributed by atoms with Crippen LogP contribution in [0.25, 0.3) is 12.2 Å². The fourth-order valence-corrected chi connectivity index (χ4v) is 6.01. The Labute approximate surface area is 233 Å². The summed E-state index contributed by atoms with van der Waals surface area (Å²) < 4.78 is 11.0. The molecular weight excluding hydrogens is 500 g/mol. The first-order chi connectivity index (χ1) is 19.4. The third-order valence-electron chi connectivity index (χ3n) is 8.07. The molecule has 4 aromatic rings. The molecule has 2 unspecified atom stereocenters. The van der Waals surface area contributed by atoms with Crippen LogP contribution in [-0.2, 0) is 11.2 Å². The number of rotatable bonds is 6. The first-order valence-electron chi connectivity index (χ1n) is 13.3. The summed E-state index contributed by atoms with van der Waals surface area (Å²) in [4.78, 5) is 14.5. The molecule has 2 aliphatic carbocycles. The molecule has 2 aliphatic rings. The number of aliphatic hydroxyl groups is 2. The second-order valence-electron chi connectivity index (χ2n) is 10.3. The van der Waals surface area contributed by atoms with Crippen molar-refractivity contribution in [3.63, 3.8) is 0 Å². The number of ether oxygens (including phenoxy) is 2. The molecule has 0 heterocycles. The van der Waals surface area contributed by atoms with Crippen LogP contribution in [0.3, 0.4) is 0 Å². The molecule has 0 bridgehead atoms. The minimum absolute atomic E-state index is 0.301. The molecule has 2 atom stereocenters. The van der Waals surface area contributed by atoms with Crippen LogP contribution in [0.1, 0.15) is 62.1 Å². The van der Waals surface area contributed by atoms with Crippen molar-refractivity contribution in [1.29, 1.82) is 0 Å². The highest BCUT2D eigenvalue weighted by Gasteiger charge is 2.41. The first-order valence-corrected chi connectivity index (χ1v) is 13.3. The van der Waals surface area contributed by atoms with Gasteiger partial charge in [0, 0.05) is 35.1 Å². The lowest BCUT2D eigenvalue weighted by atomic mass is 9.73. The van der Waals surface area contributed by atoms with Gasteiger partial charge in [-0.3, -0.25) is 4.79 Å². The largest absolute Gasteiger partial charge is 0.497 e. The highest BCUT2D eigenvalue weighted by Crippen LogP contribution is 2.45. The number of benzene rings is 4. The Morgan fingerprint density at radius 1 is 0.625 bits per heavy atom. The zero-order valence-electron chi connectivity index (χ0n) is 22.4. The quantitative estimate of drug-likeness (QED) is 0.289. The Hall–Kier alpha value is -4.45. The third-order valence-corrected chi connectivity index (χ3v) is 8.07. The van der Waals surface area contributed by atoms with Crippen molar-refractivity contribution in [2.45, 2.75) is 24.0 Å². The van der Waals surface area contributed by atoms with Gasteiger partial charge in [0.05, 0.1) is 14.2 Å². The van der Waals surface area contributed by atoms with E-state index < -0.39 is 11.2 Å². The Kier molecular flexibility index (Phi) is 6.41. The lowest BCUT2D eigenvalue weighted by molar-refractivity contribution is 0.0772. The predicted octanol–water partition coefficient (Wildman–Crippen LogP) is 6.24. The number of hydrogen-bond acceptors (Lipinski definition) is 5. The molecule has 4 aromatic carbocycles. The van der Waals surface area contributed by atoms with E-state index in [9.17, 15) is 15.0 Å². The number of carbonyl (C=O) groups is 1. The van der Waals surface area contributed by atoms with Crippen LogP contribution in [0, 0.1) is 0 Å². The molecule has 0 saturated carbocycles. The van der Waals surface area contributed by atoms with Crippen LogP contribution in [-0.4, -0.2) is 30.2 Å². The van der Waals surface area contributed by atoms with Crippen LogP contribution in [0.4, 0.5) is 0 Å². The van der Waals surface area contributed by atoms with Gasteiger partial charge in [0.2, 0.25) is 0 Å². The number of ketones is 1. The zero-order valence-corrected chi connectivity index (χ0v) is 22.4. The van der Waals surface area contributed by atoms with E-state index in [2.05, 4.69) is 0 Å². The maximum atomic E-state index is 14.5. The summed E-state index contributed by atoms with van der Waals surface area (Å²) in [6, 6.07) is 25.6. The second-order valence-corrected chi connectivity index (χ2v) is 10.3. The molecule has 0 saturated heterocycles. The van der Waals surface area contributed by atoms with Crippen LogP contribution < -0.4 is 9.47 Å². The van der Waals surface area contributed by atoms with Crippen molar-refractivity contribution >= 4 is 17.9 Å². The molecule has 200 valence electrons. The van der Waals surface area contributed by atoms with Gasteiger partial charge in [0.25, 0.3) is 0 Å². The Morgan fingerprint density at radius 3 is 1.48 bits per heavy atom. The minimum atomic E-state index is -1.45. The van der Waals surface area contributed by atoms with E-state index in [1.807, 2.05) is 72.8 Å². The average molecular weight is 531 g/mol. The van der Waals surface area contributed by atoms with Gasteiger partial charge in [-0.05, 0) is 58.7 Å². The van der Waals surface area contributed by atoms with Gasteiger partial charge in [0.1, 0.15) is 22.7 Å². The third kappa shape index (κ3) is 4.06. The minimum Gasteiger partial charge on any atom is -0.497 e. The van der Waals surface area contributed by atoms with Gasteiger partial charge in [-0.25, -0.2) is 0 Å². The summed E-state index contributed by atoms with van der Waals surface area (Å²) in [7, 11) is 3.12. The Balaban J connectivity index is 1.56. The Bertz CT molecular complexity index is 1560. The summed E-state index contributed by atoms with van der Waals surface area (Å²) in [6.07, 6.45) is 8.41. The van der Waals surface area contributed by atoms with E-state index in [1.54, 1.807) is 50.6 Å². The Morgan fingerprint density at radius 2 is 1.05 bits per heavy atom. The normalized spacial score (nSPS) is 20.9. The summed E-state index contributed by atoms with van der Waals surface area (Å²) in [6.45, 7) is 0. The summed E-state index contributed by atoms with van der Waals surface area (Å²) >= 11 is 0. The monoisotopic (exact) mass is 530 g/mol. The number of hydrogen-bond donors (Lipinski definition) is 2. The molecule has 0 aliphatic heterocycles. The molecule has 6 rings (SSSR count). The van der Waals surface area contributed by atoms with Crippen molar-refractivity contribution in [2.75, 3.05) is 14.2 Å². The van der Waals surface area contributed by atoms with Crippen LogP contribution in [0.2, 0.25) is 0 Å². The molecule has 0 aromatic heterocycles. The second kappa shape index (κ2) is 9.94. The van der Waals surface area contributed by atoms with Crippen LogP contribution in [0.5, 0.6) is 11.5 Å². The molecule has 0 amide bonds. The first kappa shape index (κ1) is 25.8. The number of carbonyl (C=O) groups excluding carboxylic acids is 1. The number of methoxy groups -OCH3 is 2. The smallest absolute Gasteiger partial charge is 0.193 e. The predicted molar refractivity (Wildman–Crippen MR) is 156 cm³/mol.